The Labute approximate surface area is 184 Å². The van der Waals surface area contributed by atoms with Crippen LogP contribution in [0.3, 0.4) is 0 Å². The van der Waals surface area contributed by atoms with Crippen LogP contribution in [0.2, 0.25) is 0 Å². The van der Waals surface area contributed by atoms with Crippen molar-refractivity contribution >= 4 is 44.2 Å². The van der Waals surface area contributed by atoms with E-state index in [0.29, 0.717) is 5.13 Å². The van der Waals surface area contributed by atoms with Gasteiger partial charge in [-0.2, -0.15) is 0 Å². The molecule has 1 aromatic heterocycles. The predicted octanol–water partition coefficient (Wildman–Crippen LogP) is 3.57. The minimum absolute atomic E-state index is 0.00293. The predicted molar refractivity (Wildman–Crippen MR) is 120 cm³/mol. The van der Waals surface area contributed by atoms with E-state index in [0.717, 1.165) is 22.9 Å². The summed E-state index contributed by atoms with van der Waals surface area (Å²) in [6.07, 6.45) is 2.04. The quantitative estimate of drug-likeness (QED) is 0.257. The number of aryl methyl sites for hydroxylation is 1. The molecule has 0 atom stereocenters. The van der Waals surface area contributed by atoms with Gasteiger partial charge in [-0.15, -0.1) is 10.2 Å². The molecule has 0 aliphatic rings. The maximum absolute atomic E-state index is 12.1. The monoisotopic (exact) mass is 462 g/mol. The number of anilines is 1. The first kappa shape index (κ1) is 22.4. The van der Waals surface area contributed by atoms with Gasteiger partial charge in [0.25, 0.3) is 0 Å². The van der Waals surface area contributed by atoms with E-state index in [4.69, 9.17) is 0 Å². The van der Waals surface area contributed by atoms with Gasteiger partial charge in [-0.1, -0.05) is 71.6 Å². The summed E-state index contributed by atoms with van der Waals surface area (Å²) in [5.41, 5.74) is 1.31. The summed E-state index contributed by atoms with van der Waals surface area (Å²) in [7, 11) is -3.62. The van der Waals surface area contributed by atoms with Crippen molar-refractivity contribution in [3.63, 3.8) is 0 Å². The number of hydrogen-bond acceptors (Lipinski definition) is 7. The molecule has 0 spiro atoms. The molecule has 0 aliphatic carbocycles. The van der Waals surface area contributed by atoms with Gasteiger partial charge < -0.3 is 5.32 Å². The first-order valence-electron chi connectivity index (χ1n) is 9.38. The summed E-state index contributed by atoms with van der Waals surface area (Å²) in [5, 5.41) is 11.1. The zero-order valence-electron chi connectivity index (χ0n) is 16.2. The summed E-state index contributed by atoms with van der Waals surface area (Å²) in [6, 6.07) is 18.3. The molecule has 3 rings (SSSR count). The highest BCUT2D eigenvalue weighted by Crippen LogP contribution is 2.26. The van der Waals surface area contributed by atoms with E-state index in [9.17, 15) is 13.2 Å². The van der Waals surface area contributed by atoms with Crippen molar-refractivity contribution < 1.29 is 13.2 Å². The number of benzene rings is 2. The van der Waals surface area contributed by atoms with Gasteiger partial charge in [0.05, 0.1) is 4.90 Å². The lowest BCUT2D eigenvalue weighted by molar-refractivity contribution is -0.116. The van der Waals surface area contributed by atoms with Crippen molar-refractivity contribution in [3.05, 3.63) is 66.2 Å². The third-order valence-electron chi connectivity index (χ3n) is 4.03. The van der Waals surface area contributed by atoms with Crippen LogP contribution in [0.25, 0.3) is 0 Å². The SMILES string of the molecule is O=C(CCNS(=O)(=O)c1ccccc1)Nc1nnc(SCCCc2ccccc2)s1. The Morgan fingerprint density at radius 2 is 1.70 bits per heavy atom. The average molecular weight is 463 g/mol. The Morgan fingerprint density at radius 3 is 2.43 bits per heavy atom. The number of carbonyl (C=O) groups excluding carboxylic acids is 1. The highest BCUT2D eigenvalue weighted by atomic mass is 32.2. The minimum Gasteiger partial charge on any atom is -0.300 e. The van der Waals surface area contributed by atoms with E-state index in [1.165, 1.54) is 29.0 Å². The standard InChI is InChI=1S/C20H22N4O3S3/c25-18(13-14-21-30(26,27)17-11-5-2-6-12-17)22-19-23-24-20(29-19)28-15-7-10-16-8-3-1-4-9-16/h1-6,8-9,11-12,21H,7,10,13-15H2,(H,22,23,25). The first-order chi connectivity index (χ1) is 14.5. The topological polar surface area (TPSA) is 101 Å². The minimum atomic E-state index is -3.62. The average Bonchev–Trinajstić information content (AvgIpc) is 3.19. The molecule has 158 valence electrons. The molecule has 0 unspecified atom stereocenters. The van der Waals surface area contributed by atoms with Gasteiger partial charge in [-0.3, -0.25) is 4.79 Å². The Morgan fingerprint density at radius 1 is 1.00 bits per heavy atom. The van der Waals surface area contributed by atoms with Crippen molar-refractivity contribution in [2.24, 2.45) is 0 Å². The number of thioether (sulfide) groups is 1. The molecule has 2 aromatic carbocycles. The maximum atomic E-state index is 12.1. The van der Waals surface area contributed by atoms with Crippen LogP contribution >= 0.6 is 23.1 Å². The van der Waals surface area contributed by atoms with E-state index in [1.54, 1.807) is 30.0 Å². The Kier molecular flexibility index (Phi) is 8.38. The molecule has 1 amide bonds. The van der Waals surface area contributed by atoms with E-state index in [1.807, 2.05) is 18.2 Å². The fraction of sp³-hybridized carbons (Fsp3) is 0.250. The molecule has 0 radical (unpaired) electrons. The highest BCUT2D eigenvalue weighted by molar-refractivity contribution is 8.01. The fourth-order valence-corrected chi connectivity index (χ4v) is 5.39. The van der Waals surface area contributed by atoms with Crippen LogP contribution in [-0.2, 0) is 21.2 Å². The molecule has 0 fully saturated rings. The maximum Gasteiger partial charge on any atom is 0.240 e. The van der Waals surface area contributed by atoms with Gasteiger partial charge in [0.2, 0.25) is 21.1 Å². The van der Waals surface area contributed by atoms with Crippen molar-refractivity contribution in [1.29, 1.82) is 0 Å². The van der Waals surface area contributed by atoms with E-state index in [2.05, 4.69) is 32.4 Å². The van der Waals surface area contributed by atoms with Crippen molar-refractivity contribution in [2.45, 2.75) is 28.5 Å². The van der Waals surface area contributed by atoms with Crippen LogP contribution in [0.4, 0.5) is 5.13 Å². The molecule has 30 heavy (non-hydrogen) atoms. The molecule has 0 saturated carbocycles. The van der Waals surface area contributed by atoms with Gasteiger partial charge in [-0.25, -0.2) is 13.1 Å². The lowest BCUT2D eigenvalue weighted by atomic mass is 10.1. The first-order valence-corrected chi connectivity index (χ1v) is 12.7. The number of sulfonamides is 1. The normalized spacial score (nSPS) is 11.3. The molecule has 0 aliphatic heterocycles. The smallest absolute Gasteiger partial charge is 0.240 e. The highest BCUT2D eigenvalue weighted by Gasteiger charge is 2.14. The van der Waals surface area contributed by atoms with Crippen molar-refractivity contribution in [2.75, 3.05) is 17.6 Å². The zero-order chi connectivity index (χ0) is 21.2. The number of nitrogens with one attached hydrogen (secondary N) is 2. The summed E-state index contributed by atoms with van der Waals surface area (Å²) in [4.78, 5) is 12.2. The molecule has 1 heterocycles. The number of amides is 1. The van der Waals surface area contributed by atoms with Gasteiger partial charge in [0, 0.05) is 18.7 Å². The number of aromatic nitrogens is 2. The van der Waals surface area contributed by atoms with Gasteiger partial charge in [0.15, 0.2) is 4.34 Å². The van der Waals surface area contributed by atoms with E-state index < -0.39 is 10.0 Å². The lowest BCUT2D eigenvalue weighted by Gasteiger charge is -2.06. The number of rotatable bonds is 11. The van der Waals surface area contributed by atoms with Crippen LogP contribution in [0.15, 0.2) is 69.9 Å². The van der Waals surface area contributed by atoms with E-state index in [-0.39, 0.29) is 23.8 Å². The largest absolute Gasteiger partial charge is 0.300 e. The van der Waals surface area contributed by atoms with E-state index >= 15 is 0 Å². The van der Waals surface area contributed by atoms with Crippen molar-refractivity contribution in [1.82, 2.24) is 14.9 Å². The summed E-state index contributed by atoms with van der Waals surface area (Å²) in [6.45, 7) is 0.00293. The second kappa shape index (κ2) is 11.2. The van der Waals surface area contributed by atoms with Crippen LogP contribution in [0.5, 0.6) is 0 Å². The second-order valence-corrected chi connectivity index (χ2v) is 10.4. The third kappa shape index (κ3) is 7.21. The fourth-order valence-electron chi connectivity index (χ4n) is 2.56. The van der Waals surface area contributed by atoms with Crippen LogP contribution in [0, 0.1) is 0 Å². The summed E-state index contributed by atoms with van der Waals surface area (Å²) in [5.74, 6) is 0.598. The molecular weight excluding hydrogens is 440 g/mol. The summed E-state index contributed by atoms with van der Waals surface area (Å²) < 4.78 is 27.5. The molecule has 7 nitrogen and oxygen atoms in total. The lowest BCUT2D eigenvalue weighted by Crippen LogP contribution is -2.27. The summed E-state index contributed by atoms with van der Waals surface area (Å²) >= 11 is 2.92. The van der Waals surface area contributed by atoms with Crippen LogP contribution in [0.1, 0.15) is 18.4 Å². The molecule has 10 heteroatoms. The number of nitrogens with zero attached hydrogens (tertiary/aromatic N) is 2. The Bertz CT molecular complexity index is 1040. The zero-order valence-corrected chi connectivity index (χ0v) is 18.6. The van der Waals surface area contributed by atoms with Gasteiger partial charge >= 0.3 is 0 Å². The van der Waals surface area contributed by atoms with Crippen LogP contribution in [-0.4, -0.2) is 36.8 Å². The molecule has 0 bridgehead atoms. The van der Waals surface area contributed by atoms with Gasteiger partial charge in [-0.05, 0) is 30.5 Å². The molecular formula is C20H22N4O3S3. The van der Waals surface area contributed by atoms with Crippen molar-refractivity contribution in [3.8, 4) is 0 Å². The molecule has 2 N–H and O–H groups in total. The van der Waals surface area contributed by atoms with Crippen LogP contribution < -0.4 is 10.0 Å². The Balaban J connectivity index is 1.36. The third-order valence-corrected chi connectivity index (χ3v) is 7.56. The Hall–Kier alpha value is -2.27. The number of carbonyl (C=O) groups is 1. The molecule has 0 saturated heterocycles. The van der Waals surface area contributed by atoms with Gasteiger partial charge in [0.1, 0.15) is 0 Å². The molecule has 3 aromatic rings. The second-order valence-electron chi connectivity index (χ2n) is 6.32. The number of hydrogen-bond donors (Lipinski definition) is 2.